The fourth-order valence-electron chi connectivity index (χ4n) is 0.717. The smallest absolute Gasteiger partial charge is 0.108 e. The molecule has 0 unspecified atom stereocenters. The Bertz CT molecular complexity index is 258. The summed E-state index contributed by atoms with van der Waals surface area (Å²) in [6.45, 7) is 1.84. The molecule has 0 saturated heterocycles. The van der Waals surface area contributed by atoms with Crippen LogP contribution in [-0.4, -0.2) is 0 Å². The fraction of sp³-hybridized carbons (Fsp3) is 0.143. The van der Waals surface area contributed by atoms with E-state index in [-0.39, 0.29) is 0 Å². The summed E-state index contributed by atoms with van der Waals surface area (Å²) < 4.78 is 0. The molecule has 0 aliphatic heterocycles. The molecule has 1 aromatic carbocycles. The summed E-state index contributed by atoms with van der Waals surface area (Å²) in [7, 11) is 0. The van der Waals surface area contributed by atoms with Gasteiger partial charge in [0.05, 0.1) is 0 Å². The van der Waals surface area contributed by atoms with Crippen LogP contribution in [0, 0.1) is 11.8 Å². The first-order valence-corrected chi connectivity index (χ1v) is 2.93. The van der Waals surface area contributed by atoms with Gasteiger partial charge < -0.3 is 5.73 Å². The molecule has 1 rings (SSSR count). The maximum absolute atomic E-state index is 9.98. The highest BCUT2D eigenvalue weighted by molar-refractivity contribution is 5.53. The molecule has 0 saturated carbocycles. The molecule has 0 fully saturated rings. The van der Waals surface area contributed by atoms with E-state index in [1.54, 1.807) is 18.2 Å². The highest BCUT2D eigenvalue weighted by atomic mass is 16.3. The largest absolute Gasteiger partial charge is 0.399 e. The van der Waals surface area contributed by atoms with Crippen molar-refractivity contribution in [3.05, 3.63) is 28.7 Å². The summed E-state index contributed by atoms with van der Waals surface area (Å²) in [6.07, 6.45) is 0. The molecule has 1 aromatic rings. The molecular formula is C7H8N2O. The van der Waals surface area contributed by atoms with Crippen molar-refractivity contribution in [3.63, 3.8) is 0 Å². The van der Waals surface area contributed by atoms with Crippen molar-refractivity contribution in [3.8, 4) is 0 Å². The van der Waals surface area contributed by atoms with Gasteiger partial charge in [0.15, 0.2) is 0 Å². The monoisotopic (exact) mass is 136 g/mol. The molecule has 0 radical (unpaired) electrons. The average Bonchev–Trinajstić information content (AvgIpc) is 1.95. The van der Waals surface area contributed by atoms with E-state index in [2.05, 4.69) is 5.18 Å². The SMILES string of the molecule is Cc1cc(N=O)ccc1N. The number of hydrogen-bond donors (Lipinski definition) is 1. The summed E-state index contributed by atoms with van der Waals surface area (Å²) in [6, 6.07) is 4.92. The first-order valence-electron chi connectivity index (χ1n) is 2.93. The molecule has 0 atom stereocenters. The van der Waals surface area contributed by atoms with Gasteiger partial charge in [-0.05, 0) is 35.9 Å². The van der Waals surface area contributed by atoms with Gasteiger partial charge in [-0.25, -0.2) is 0 Å². The van der Waals surface area contributed by atoms with Crippen molar-refractivity contribution in [1.82, 2.24) is 0 Å². The zero-order chi connectivity index (χ0) is 7.56. The fourth-order valence-corrected chi connectivity index (χ4v) is 0.717. The van der Waals surface area contributed by atoms with Crippen LogP contribution in [0.3, 0.4) is 0 Å². The highest BCUT2D eigenvalue weighted by Gasteiger charge is 1.94. The van der Waals surface area contributed by atoms with E-state index in [1.807, 2.05) is 6.92 Å². The number of anilines is 1. The van der Waals surface area contributed by atoms with Crippen molar-refractivity contribution in [2.24, 2.45) is 5.18 Å². The van der Waals surface area contributed by atoms with Gasteiger partial charge >= 0.3 is 0 Å². The van der Waals surface area contributed by atoms with Gasteiger partial charge in [-0.3, -0.25) is 0 Å². The lowest BCUT2D eigenvalue weighted by molar-refractivity contribution is 1.42. The van der Waals surface area contributed by atoms with E-state index in [0.717, 1.165) is 5.56 Å². The Labute approximate surface area is 58.8 Å². The first-order chi connectivity index (χ1) is 4.74. The molecular weight excluding hydrogens is 128 g/mol. The summed E-state index contributed by atoms with van der Waals surface area (Å²) in [5, 5.41) is 2.77. The Kier molecular flexibility index (Phi) is 1.67. The van der Waals surface area contributed by atoms with Gasteiger partial charge in [0.2, 0.25) is 0 Å². The number of rotatable bonds is 1. The van der Waals surface area contributed by atoms with Crippen LogP contribution in [0.15, 0.2) is 23.4 Å². The van der Waals surface area contributed by atoms with Crippen LogP contribution in [0.25, 0.3) is 0 Å². The molecule has 0 amide bonds. The summed E-state index contributed by atoms with van der Waals surface area (Å²) in [4.78, 5) is 9.98. The van der Waals surface area contributed by atoms with E-state index >= 15 is 0 Å². The lowest BCUT2D eigenvalue weighted by atomic mass is 10.2. The normalized spacial score (nSPS) is 9.30. The van der Waals surface area contributed by atoms with E-state index in [9.17, 15) is 4.91 Å². The van der Waals surface area contributed by atoms with Crippen molar-refractivity contribution >= 4 is 11.4 Å². The Balaban J connectivity index is 3.16. The standard InChI is InChI=1S/C7H8N2O/c1-5-4-6(9-10)2-3-7(5)8/h2-4H,8H2,1H3. The van der Waals surface area contributed by atoms with Gasteiger partial charge in [-0.2, -0.15) is 0 Å². The summed E-state index contributed by atoms with van der Waals surface area (Å²) in [5.74, 6) is 0. The maximum atomic E-state index is 9.98. The number of hydrogen-bond acceptors (Lipinski definition) is 3. The van der Waals surface area contributed by atoms with Gasteiger partial charge in [0.1, 0.15) is 5.69 Å². The van der Waals surface area contributed by atoms with E-state index in [4.69, 9.17) is 5.73 Å². The Morgan fingerprint density at radius 2 is 2.20 bits per heavy atom. The minimum atomic E-state index is 0.423. The Morgan fingerprint density at radius 1 is 1.50 bits per heavy atom. The Morgan fingerprint density at radius 3 is 2.70 bits per heavy atom. The number of nitrogens with two attached hydrogens (primary N) is 1. The number of nitrogen functional groups attached to an aromatic ring is 1. The molecule has 0 aliphatic carbocycles. The second-order valence-electron chi connectivity index (χ2n) is 2.13. The predicted octanol–water partition coefficient (Wildman–Crippen LogP) is 1.98. The minimum Gasteiger partial charge on any atom is -0.399 e. The highest BCUT2D eigenvalue weighted by Crippen LogP contribution is 2.18. The van der Waals surface area contributed by atoms with E-state index in [0.29, 0.717) is 11.4 Å². The zero-order valence-electron chi connectivity index (χ0n) is 5.66. The maximum Gasteiger partial charge on any atom is 0.108 e. The first kappa shape index (κ1) is 6.74. The third-order valence-corrected chi connectivity index (χ3v) is 1.36. The van der Waals surface area contributed by atoms with Gasteiger partial charge in [0.25, 0.3) is 0 Å². The van der Waals surface area contributed by atoms with Crippen molar-refractivity contribution in [1.29, 1.82) is 0 Å². The van der Waals surface area contributed by atoms with Gasteiger partial charge in [0, 0.05) is 5.69 Å². The summed E-state index contributed by atoms with van der Waals surface area (Å²) >= 11 is 0. The van der Waals surface area contributed by atoms with Crippen LogP contribution in [0.5, 0.6) is 0 Å². The minimum absolute atomic E-state index is 0.423. The molecule has 0 bridgehead atoms. The second kappa shape index (κ2) is 2.47. The number of benzene rings is 1. The van der Waals surface area contributed by atoms with Gasteiger partial charge in [-0.15, -0.1) is 4.91 Å². The molecule has 2 N–H and O–H groups in total. The quantitative estimate of drug-likeness (QED) is 0.474. The van der Waals surface area contributed by atoms with E-state index < -0.39 is 0 Å². The molecule has 0 aliphatic rings. The molecule has 0 aromatic heterocycles. The Hall–Kier alpha value is -1.38. The number of aryl methyl sites for hydroxylation is 1. The van der Waals surface area contributed by atoms with Crippen LogP contribution < -0.4 is 5.73 Å². The van der Waals surface area contributed by atoms with E-state index in [1.165, 1.54) is 0 Å². The van der Waals surface area contributed by atoms with Crippen molar-refractivity contribution in [2.75, 3.05) is 5.73 Å². The lowest BCUT2D eigenvalue weighted by Gasteiger charge is -1.96. The second-order valence-corrected chi connectivity index (χ2v) is 2.13. The molecule has 52 valence electrons. The molecule has 3 heteroatoms. The third-order valence-electron chi connectivity index (χ3n) is 1.36. The van der Waals surface area contributed by atoms with Gasteiger partial charge in [-0.1, -0.05) is 0 Å². The molecule has 10 heavy (non-hydrogen) atoms. The zero-order valence-corrected chi connectivity index (χ0v) is 5.66. The van der Waals surface area contributed by atoms with Crippen LogP contribution in [0.2, 0.25) is 0 Å². The number of nitroso groups, excluding NO2 is 1. The molecule has 0 spiro atoms. The van der Waals surface area contributed by atoms with Crippen molar-refractivity contribution in [2.45, 2.75) is 6.92 Å². The van der Waals surface area contributed by atoms with Crippen LogP contribution in [-0.2, 0) is 0 Å². The topological polar surface area (TPSA) is 55.5 Å². The third kappa shape index (κ3) is 1.13. The molecule has 0 heterocycles. The lowest BCUT2D eigenvalue weighted by Crippen LogP contribution is -1.86. The van der Waals surface area contributed by atoms with Crippen LogP contribution in [0.1, 0.15) is 5.56 Å². The number of nitrogens with zero attached hydrogens (tertiary/aromatic N) is 1. The average molecular weight is 136 g/mol. The van der Waals surface area contributed by atoms with Crippen molar-refractivity contribution < 1.29 is 0 Å². The van der Waals surface area contributed by atoms with Crippen LogP contribution in [0.4, 0.5) is 11.4 Å². The van der Waals surface area contributed by atoms with Crippen LogP contribution >= 0.6 is 0 Å². The molecule has 3 nitrogen and oxygen atoms in total. The predicted molar refractivity (Wildman–Crippen MR) is 41.0 cm³/mol. The summed E-state index contributed by atoms with van der Waals surface area (Å²) in [5.41, 5.74) is 7.50.